The number of rotatable bonds is 7. The maximum Gasteiger partial charge on any atom is 0.0368 e. The Morgan fingerprint density at radius 1 is 0.941 bits per heavy atom. The highest BCUT2D eigenvalue weighted by Crippen LogP contribution is 2.18. The molecule has 2 N–H and O–H groups in total. The van der Waals surface area contributed by atoms with E-state index in [0.717, 1.165) is 19.5 Å². The van der Waals surface area contributed by atoms with Crippen molar-refractivity contribution in [3.05, 3.63) is 29.3 Å². The van der Waals surface area contributed by atoms with Crippen molar-refractivity contribution in [3.8, 4) is 0 Å². The summed E-state index contributed by atoms with van der Waals surface area (Å²) in [5.41, 5.74) is 9.50. The van der Waals surface area contributed by atoms with E-state index in [1.165, 1.54) is 36.1 Å². The molecular weight excluding hydrogens is 208 g/mol. The van der Waals surface area contributed by atoms with E-state index in [1.54, 1.807) is 0 Å². The highest BCUT2D eigenvalue weighted by atomic mass is 15.1. The van der Waals surface area contributed by atoms with Gasteiger partial charge in [-0.2, -0.15) is 0 Å². The number of hydrogen-bond acceptors (Lipinski definition) is 2. The zero-order valence-electron chi connectivity index (χ0n) is 11.5. The Bertz CT molecular complexity index is 313. The zero-order chi connectivity index (χ0) is 12.7. The molecule has 0 aliphatic rings. The molecule has 96 valence electrons. The van der Waals surface area contributed by atoms with Crippen LogP contribution in [0.2, 0.25) is 0 Å². The van der Waals surface area contributed by atoms with Crippen molar-refractivity contribution < 1.29 is 0 Å². The third-order valence-corrected chi connectivity index (χ3v) is 3.09. The summed E-state index contributed by atoms with van der Waals surface area (Å²) in [7, 11) is 2.18. The first-order chi connectivity index (χ1) is 8.13. The van der Waals surface area contributed by atoms with Gasteiger partial charge in [0.1, 0.15) is 0 Å². The largest absolute Gasteiger partial charge is 0.375 e. The fourth-order valence-corrected chi connectivity index (χ4v) is 2.15. The van der Waals surface area contributed by atoms with E-state index in [9.17, 15) is 0 Å². The minimum Gasteiger partial charge on any atom is -0.375 e. The molecule has 0 atom stereocenters. The van der Waals surface area contributed by atoms with Crippen LogP contribution in [0.15, 0.2) is 18.2 Å². The van der Waals surface area contributed by atoms with Gasteiger partial charge in [-0.15, -0.1) is 0 Å². The van der Waals surface area contributed by atoms with Gasteiger partial charge in [0.25, 0.3) is 0 Å². The lowest BCUT2D eigenvalue weighted by atomic mass is 10.1. The predicted octanol–water partition coefficient (Wildman–Crippen LogP) is 3.26. The van der Waals surface area contributed by atoms with Crippen LogP contribution >= 0.6 is 0 Å². The molecule has 1 aromatic carbocycles. The summed E-state index contributed by atoms with van der Waals surface area (Å²) in [4.78, 5) is 2.35. The van der Waals surface area contributed by atoms with Gasteiger partial charge in [0.2, 0.25) is 0 Å². The second-order valence-electron chi connectivity index (χ2n) is 4.97. The molecule has 0 spiro atoms. The molecule has 1 rings (SSSR count). The number of nitrogens with zero attached hydrogens (tertiary/aromatic N) is 1. The van der Waals surface area contributed by atoms with Crippen molar-refractivity contribution in [1.82, 2.24) is 0 Å². The predicted molar refractivity (Wildman–Crippen MR) is 76.7 cm³/mol. The SMILES string of the molecule is Cc1cc(C)cc(N(C)CCCCCCN)c1. The second-order valence-corrected chi connectivity index (χ2v) is 4.97. The van der Waals surface area contributed by atoms with E-state index in [0.29, 0.717) is 0 Å². The Balaban J connectivity index is 2.38. The molecule has 2 nitrogen and oxygen atoms in total. The normalized spacial score (nSPS) is 10.6. The summed E-state index contributed by atoms with van der Waals surface area (Å²) in [6.07, 6.45) is 4.96. The molecule has 17 heavy (non-hydrogen) atoms. The molecule has 0 fully saturated rings. The third kappa shape index (κ3) is 5.22. The Morgan fingerprint density at radius 3 is 2.12 bits per heavy atom. The smallest absolute Gasteiger partial charge is 0.0368 e. The summed E-state index contributed by atoms with van der Waals surface area (Å²) in [5.74, 6) is 0. The molecule has 1 aromatic rings. The lowest BCUT2D eigenvalue weighted by Gasteiger charge is -2.20. The number of benzene rings is 1. The molecule has 0 aromatic heterocycles. The Hall–Kier alpha value is -1.02. The molecule has 0 radical (unpaired) electrons. The highest BCUT2D eigenvalue weighted by molar-refractivity contribution is 5.50. The van der Waals surface area contributed by atoms with Crippen molar-refractivity contribution in [2.45, 2.75) is 39.5 Å². The first kappa shape index (κ1) is 14.0. The summed E-state index contributed by atoms with van der Waals surface area (Å²) in [6, 6.07) is 6.73. The van der Waals surface area contributed by atoms with Crippen LogP contribution in [0, 0.1) is 13.8 Å². The number of aryl methyl sites for hydroxylation is 2. The Kier molecular flexibility index (Phi) is 6.06. The van der Waals surface area contributed by atoms with Gasteiger partial charge in [0.05, 0.1) is 0 Å². The lowest BCUT2D eigenvalue weighted by Crippen LogP contribution is -2.18. The zero-order valence-corrected chi connectivity index (χ0v) is 11.5. The van der Waals surface area contributed by atoms with Gasteiger partial charge < -0.3 is 10.6 Å². The minimum absolute atomic E-state index is 0.826. The van der Waals surface area contributed by atoms with Gasteiger partial charge >= 0.3 is 0 Å². The topological polar surface area (TPSA) is 29.3 Å². The van der Waals surface area contributed by atoms with Crippen LogP contribution in [0.4, 0.5) is 5.69 Å². The molecule has 0 amide bonds. The summed E-state index contributed by atoms with van der Waals surface area (Å²) >= 11 is 0. The van der Waals surface area contributed by atoms with Gasteiger partial charge in [-0.05, 0) is 56.5 Å². The van der Waals surface area contributed by atoms with Gasteiger partial charge in [0, 0.05) is 19.3 Å². The maximum atomic E-state index is 5.48. The van der Waals surface area contributed by atoms with Gasteiger partial charge in [-0.3, -0.25) is 0 Å². The summed E-state index contributed by atoms with van der Waals surface area (Å²) < 4.78 is 0. The molecule has 0 saturated heterocycles. The molecule has 2 heteroatoms. The van der Waals surface area contributed by atoms with Gasteiger partial charge in [0.15, 0.2) is 0 Å². The quantitative estimate of drug-likeness (QED) is 0.734. The lowest BCUT2D eigenvalue weighted by molar-refractivity contribution is 0.643. The van der Waals surface area contributed by atoms with Gasteiger partial charge in [-0.1, -0.05) is 18.9 Å². The van der Waals surface area contributed by atoms with Crippen molar-refractivity contribution in [1.29, 1.82) is 0 Å². The first-order valence-electron chi connectivity index (χ1n) is 6.63. The van der Waals surface area contributed by atoms with Crippen molar-refractivity contribution in [2.75, 3.05) is 25.0 Å². The van der Waals surface area contributed by atoms with Crippen LogP contribution in [0.5, 0.6) is 0 Å². The van der Waals surface area contributed by atoms with Crippen LogP contribution in [-0.4, -0.2) is 20.1 Å². The average molecular weight is 234 g/mol. The van der Waals surface area contributed by atoms with Gasteiger partial charge in [-0.25, -0.2) is 0 Å². The second kappa shape index (κ2) is 7.33. The summed E-state index contributed by atoms with van der Waals surface area (Å²) in [6.45, 7) is 6.28. The number of unbranched alkanes of at least 4 members (excludes halogenated alkanes) is 3. The van der Waals surface area contributed by atoms with E-state index in [4.69, 9.17) is 5.73 Å². The molecule has 0 aliphatic heterocycles. The maximum absolute atomic E-state index is 5.48. The first-order valence-corrected chi connectivity index (χ1v) is 6.63. The molecule has 0 unspecified atom stereocenters. The minimum atomic E-state index is 0.826. The van der Waals surface area contributed by atoms with Crippen molar-refractivity contribution in [3.63, 3.8) is 0 Å². The third-order valence-electron chi connectivity index (χ3n) is 3.09. The average Bonchev–Trinajstić information content (AvgIpc) is 2.27. The van der Waals surface area contributed by atoms with E-state index in [2.05, 4.69) is 44.0 Å². The van der Waals surface area contributed by atoms with Crippen LogP contribution in [0.1, 0.15) is 36.8 Å². The Labute approximate surface area is 106 Å². The number of hydrogen-bond donors (Lipinski definition) is 1. The fourth-order valence-electron chi connectivity index (χ4n) is 2.15. The van der Waals surface area contributed by atoms with E-state index >= 15 is 0 Å². The highest BCUT2D eigenvalue weighted by Gasteiger charge is 2.01. The molecule has 0 bridgehead atoms. The standard InChI is InChI=1S/C15H26N2/c1-13-10-14(2)12-15(11-13)17(3)9-7-5-4-6-8-16/h10-12H,4-9,16H2,1-3H3. The molecule has 0 saturated carbocycles. The van der Waals surface area contributed by atoms with E-state index in [-0.39, 0.29) is 0 Å². The van der Waals surface area contributed by atoms with Crippen LogP contribution < -0.4 is 10.6 Å². The van der Waals surface area contributed by atoms with Crippen LogP contribution in [0.25, 0.3) is 0 Å². The van der Waals surface area contributed by atoms with E-state index in [1.807, 2.05) is 0 Å². The fraction of sp³-hybridized carbons (Fsp3) is 0.600. The van der Waals surface area contributed by atoms with Crippen LogP contribution in [-0.2, 0) is 0 Å². The molecule has 0 heterocycles. The molecular formula is C15H26N2. The molecule has 0 aliphatic carbocycles. The number of nitrogens with two attached hydrogens (primary N) is 1. The van der Waals surface area contributed by atoms with Crippen molar-refractivity contribution in [2.24, 2.45) is 5.73 Å². The van der Waals surface area contributed by atoms with Crippen LogP contribution in [0.3, 0.4) is 0 Å². The number of anilines is 1. The van der Waals surface area contributed by atoms with Crippen molar-refractivity contribution >= 4 is 5.69 Å². The monoisotopic (exact) mass is 234 g/mol. The Morgan fingerprint density at radius 2 is 1.53 bits per heavy atom. The summed E-state index contributed by atoms with van der Waals surface area (Å²) in [5, 5.41) is 0. The van der Waals surface area contributed by atoms with E-state index < -0.39 is 0 Å².